The lowest BCUT2D eigenvalue weighted by Gasteiger charge is -2.03. The fourth-order valence-electron chi connectivity index (χ4n) is 1.42. The third-order valence-electron chi connectivity index (χ3n) is 2.07. The summed E-state index contributed by atoms with van der Waals surface area (Å²) in [7, 11) is 1.25. The molecule has 2 rings (SSSR count). The molecule has 5 nitrogen and oxygen atoms in total. The van der Waals surface area contributed by atoms with Crippen molar-refractivity contribution in [3.05, 3.63) is 24.0 Å². The van der Waals surface area contributed by atoms with Gasteiger partial charge in [0.2, 0.25) is 5.91 Å². The number of nitrogens with zero attached hydrogens (tertiary/aromatic N) is 1. The van der Waals surface area contributed by atoms with E-state index in [0.29, 0.717) is 11.4 Å². The molecule has 0 bridgehead atoms. The Morgan fingerprint density at radius 1 is 1.64 bits per heavy atom. The Hall–Kier alpha value is -1.91. The quantitative estimate of drug-likeness (QED) is 0.513. The van der Waals surface area contributed by atoms with Gasteiger partial charge in [-0.1, -0.05) is 0 Å². The van der Waals surface area contributed by atoms with E-state index in [9.17, 15) is 9.59 Å². The summed E-state index contributed by atoms with van der Waals surface area (Å²) < 4.78 is 4.52. The lowest BCUT2D eigenvalue weighted by Crippen LogP contribution is -2.22. The zero-order valence-electron chi connectivity index (χ0n) is 7.48. The third-order valence-corrected chi connectivity index (χ3v) is 2.07. The molecule has 14 heavy (non-hydrogen) atoms. The van der Waals surface area contributed by atoms with Crippen molar-refractivity contribution in [2.24, 2.45) is 0 Å². The second kappa shape index (κ2) is 3.10. The number of hydrogen-bond acceptors (Lipinski definition) is 4. The minimum Gasteiger partial charge on any atom is -0.468 e. The summed E-state index contributed by atoms with van der Waals surface area (Å²) in [5.41, 5.74) is 1.01. The Morgan fingerprint density at radius 2 is 2.43 bits per heavy atom. The number of nitrogens with one attached hydrogen (secondary N) is 1. The lowest BCUT2D eigenvalue weighted by atomic mass is 10.1. The fourth-order valence-corrected chi connectivity index (χ4v) is 1.42. The Kier molecular flexibility index (Phi) is 1.92. The van der Waals surface area contributed by atoms with Crippen LogP contribution in [-0.4, -0.2) is 24.0 Å². The molecular formula is C9H8N2O3. The Bertz CT molecular complexity index is 395. The number of fused-ring (bicyclic) bond motifs is 1. The number of carbonyl (C=O) groups is 2. The highest BCUT2D eigenvalue weighted by molar-refractivity contribution is 6.14. The summed E-state index contributed by atoms with van der Waals surface area (Å²) in [6.45, 7) is 0. The minimum absolute atomic E-state index is 0.384. The molecule has 0 fully saturated rings. The molecule has 1 atom stereocenters. The smallest absolute Gasteiger partial charge is 0.324 e. The van der Waals surface area contributed by atoms with Gasteiger partial charge in [-0.05, 0) is 12.1 Å². The van der Waals surface area contributed by atoms with E-state index in [4.69, 9.17) is 0 Å². The molecule has 72 valence electrons. The van der Waals surface area contributed by atoms with Crippen LogP contribution in [0.25, 0.3) is 0 Å². The van der Waals surface area contributed by atoms with Crippen molar-refractivity contribution < 1.29 is 14.3 Å². The number of pyridine rings is 1. The molecule has 0 spiro atoms. The number of hydrogen-bond donors (Lipinski definition) is 1. The van der Waals surface area contributed by atoms with E-state index < -0.39 is 11.9 Å². The highest BCUT2D eigenvalue weighted by Gasteiger charge is 2.38. The van der Waals surface area contributed by atoms with Crippen molar-refractivity contribution in [2.75, 3.05) is 12.4 Å². The zero-order valence-corrected chi connectivity index (χ0v) is 7.48. The van der Waals surface area contributed by atoms with E-state index in [2.05, 4.69) is 15.0 Å². The molecule has 1 aromatic rings. The van der Waals surface area contributed by atoms with Gasteiger partial charge in [0, 0.05) is 6.20 Å². The summed E-state index contributed by atoms with van der Waals surface area (Å²) in [5, 5.41) is 2.56. The van der Waals surface area contributed by atoms with Crippen LogP contribution in [0.5, 0.6) is 0 Å². The first-order chi connectivity index (χ1) is 6.74. The van der Waals surface area contributed by atoms with E-state index in [1.54, 1.807) is 12.1 Å². The van der Waals surface area contributed by atoms with Gasteiger partial charge in [0.25, 0.3) is 0 Å². The van der Waals surface area contributed by atoms with Crippen molar-refractivity contribution in [3.63, 3.8) is 0 Å². The first-order valence-electron chi connectivity index (χ1n) is 4.07. The Balaban J connectivity index is 2.44. The largest absolute Gasteiger partial charge is 0.468 e. The highest BCUT2D eigenvalue weighted by atomic mass is 16.5. The van der Waals surface area contributed by atoms with Crippen molar-refractivity contribution >= 4 is 17.6 Å². The van der Waals surface area contributed by atoms with E-state index in [1.807, 2.05) is 0 Å². The van der Waals surface area contributed by atoms with Crippen LogP contribution in [0.4, 0.5) is 5.69 Å². The van der Waals surface area contributed by atoms with Crippen LogP contribution in [0.1, 0.15) is 11.6 Å². The molecule has 0 unspecified atom stereocenters. The summed E-state index contributed by atoms with van der Waals surface area (Å²) in [4.78, 5) is 26.6. The van der Waals surface area contributed by atoms with E-state index >= 15 is 0 Å². The van der Waals surface area contributed by atoms with Crippen LogP contribution < -0.4 is 5.32 Å². The fraction of sp³-hybridized carbons (Fsp3) is 0.222. The van der Waals surface area contributed by atoms with Gasteiger partial charge in [0.1, 0.15) is 0 Å². The number of carbonyl (C=O) groups excluding carboxylic acids is 2. The van der Waals surface area contributed by atoms with Crippen LogP contribution in [-0.2, 0) is 14.3 Å². The predicted octanol–water partition coefficient (Wildman–Crippen LogP) is 0.290. The molecule has 1 amide bonds. The highest BCUT2D eigenvalue weighted by Crippen LogP contribution is 2.30. The number of ether oxygens (including phenoxy) is 1. The normalized spacial score (nSPS) is 18.6. The number of amides is 1. The molecule has 0 aliphatic carbocycles. The standard InChI is InChI=1S/C9H8N2O3/c1-14-9(13)6-7-5(11-8(6)12)3-2-4-10-7/h2-4,6H,1H3,(H,11,12)/t6-/m0/s1. The maximum Gasteiger partial charge on any atom is 0.324 e. The summed E-state index contributed by atoms with van der Waals surface area (Å²) in [5.74, 6) is -1.89. The minimum atomic E-state index is -0.920. The Morgan fingerprint density at radius 3 is 3.14 bits per heavy atom. The molecule has 2 heterocycles. The molecule has 0 radical (unpaired) electrons. The number of rotatable bonds is 1. The van der Waals surface area contributed by atoms with E-state index in [1.165, 1.54) is 13.3 Å². The van der Waals surface area contributed by atoms with Crippen molar-refractivity contribution in [3.8, 4) is 0 Å². The third kappa shape index (κ3) is 1.14. The van der Waals surface area contributed by atoms with Gasteiger partial charge in [-0.2, -0.15) is 0 Å². The molecule has 5 heteroatoms. The van der Waals surface area contributed by atoms with Gasteiger partial charge >= 0.3 is 5.97 Å². The summed E-state index contributed by atoms with van der Waals surface area (Å²) >= 11 is 0. The average molecular weight is 192 g/mol. The second-order valence-electron chi connectivity index (χ2n) is 2.88. The van der Waals surface area contributed by atoms with Gasteiger partial charge in [-0.15, -0.1) is 0 Å². The second-order valence-corrected chi connectivity index (χ2v) is 2.88. The number of esters is 1. The predicted molar refractivity (Wildman–Crippen MR) is 47.6 cm³/mol. The van der Waals surface area contributed by atoms with Crippen LogP contribution in [0.15, 0.2) is 18.3 Å². The maximum absolute atomic E-state index is 11.4. The van der Waals surface area contributed by atoms with Crippen LogP contribution in [0.2, 0.25) is 0 Å². The van der Waals surface area contributed by atoms with Crippen molar-refractivity contribution in [1.29, 1.82) is 0 Å². The molecule has 1 aliphatic rings. The molecular weight excluding hydrogens is 184 g/mol. The summed E-state index contributed by atoms with van der Waals surface area (Å²) in [6, 6.07) is 3.39. The molecule has 1 N–H and O–H groups in total. The number of aromatic nitrogens is 1. The monoisotopic (exact) mass is 192 g/mol. The summed E-state index contributed by atoms with van der Waals surface area (Å²) in [6.07, 6.45) is 1.54. The molecule has 0 saturated heterocycles. The van der Waals surface area contributed by atoms with Crippen molar-refractivity contribution in [1.82, 2.24) is 4.98 Å². The van der Waals surface area contributed by atoms with Crippen molar-refractivity contribution in [2.45, 2.75) is 5.92 Å². The maximum atomic E-state index is 11.4. The molecule has 0 aromatic carbocycles. The first kappa shape index (κ1) is 8.68. The molecule has 1 aromatic heterocycles. The Labute approximate surface area is 80.1 Å². The first-order valence-corrected chi connectivity index (χ1v) is 4.07. The van der Waals surface area contributed by atoms with Gasteiger partial charge in [0.05, 0.1) is 18.5 Å². The van der Waals surface area contributed by atoms with Crippen LogP contribution in [0.3, 0.4) is 0 Å². The molecule has 0 saturated carbocycles. The SMILES string of the molecule is COC(=O)[C@@H]1C(=O)Nc2cccnc21. The number of methoxy groups -OCH3 is 1. The van der Waals surface area contributed by atoms with E-state index in [-0.39, 0.29) is 5.91 Å². The van der Waals surface area contributed by atoms with E-state index in [0.717, 1.165) is 0 Å². The van der Waals surface area contributed by atoms with Crippen LogP contribution >= 0.6 is 0 Å². The zero-order chi connectivity index (χ0) is 10.1. The van der Waals surface area contributed by atoms with Crippen LogP contribution in [0, 0.1) is 0 Å². The molecule has 1 aliphatic heterocycles. The topological polar surface area (TPSA) is 68.3 Å². The lowest BCUT2D eigenvalue weighted by molar-refractivity contribution is -0.144. The van der Waals surface area contributed by atoms with Gasteiger partial charge < -0.3 is 10.1 Å². The van der Waals surface area contributed by atoms with Gasteiger partial charge in [0.15, 0.2) is 5.92 Å². The number of anilines is 1. The van der Waals surface area contributed by atoms with Gasteiger partial charge in [-0.25, -0.2) is 0 Å². The average Bonchev–Trinajstić information content (AvgIpc) is 2.53. The van der Waals surface area contributed by atoms with Gasteiger partial charge in [-0.3, -0.25) is 14.6 Å².